The predicted molar refractivity (Wildman–Crippen MR) is 112 cm³/mol. The second kappa shape index (κ2) is 7.87. The smallest absolute Gasteiger partial charge is 0.246 e. The molecule has 0 saturated heterocycles. The summed E-state index contributed by atoms with van der Waals surface area (Å²) in [6.07, 6.45) is 8.05. The quantitative estimate of drug-likeness (QED) is 0.415. The van der Waals surface area contributed by atoms with Crippen molar-refractivity contribution < 1.29 is 9.59 Å². The molecule has 3 heterocycles. The van der Waals surface area contributed by atoms with Gasteiger partial charge in [0.05, 0.1) is 6.20 Å². The van der Waals surface area contributed by atoms with Crippen molar-refractivity contribution in [3.8, 4) is 11.1 Å². The van der Waals surface area contributed by atoms with Gasteiger partial charge in [0.2, 0.25) is 17.8 Å². The molecule has 0 aliphatic heterocycles. The summed E-state index contributed by atoms with van der Waals surface area (Å²) in [5, 5.41) is 11.1. The molecule has 0 radical (unpaired) electrons. The summed E-state index contributed by atoms with van der Waals surface area (Å²) in [5.41, 5.74) is 14.4. The van der Waals surface area contributed by atoms with Gasteiger partial charge < -0.3 is 16.8 Å². The van der Waals surface area contributed by atoms with E-state index in [0.717, 1.165) is 16.7 Å². The molecule has 0 aliphatic carbocycles. The molecule has 1 aromatic carbocycles. The average molecular weight is 402 g/mol. The summed E-state index contributed by atoms with van der Waals surface area (Å²) in [4.78, 5) is 27.4. The molecule has 10 nitrogen and oxygen atoms in total. The van der Waals surface area contributed by atoms with Crippen molar-refractivity contribution in [2.45, 2.75) is 6.54 Å². The fraction of sp³-hybridized carbons (Fsp3) is 0.0500. The number of benzene rings is 1. The van der Waals surface area contributed by atoms with Crippen LogP contribution in [0.2, 0.25) is 0 Å². The number of nitrogens with zero attached hydrogens (tertiary/aromatic N) is 5. The van der Waals surface area contributed by atoms with Crippen molar-refractivity contribution >= 4 is 35.2 Å². The molecule has 3 aromatic heterocycles. The zero-order valence-corrected chi connectivity index (χ0v) is 15.8. The van der Waals surface area contributed by atoms with Crippen LogP contribution in [0.3, 0.4) is 0 Å². The molecule has 0 aliphatic rings. The van der Waals surface area contributed by atoms with Crippen molar-refractivity contribution in [1.82, 2.24) is 24.4 Å². The molecular formula is C20H18N8O2. The Bertz CT molecular complexity index is 1270. The maximum Gasteiger partial charge on any atom is 0.246 e. The van der Waals surface area contributed by atoms with Crippen molar-refractivity contribution in [3.63, 3.8) is 0 Å². The van der Waals surface area contributed by atoms with Gasteiger partial charge >= 0.3 is 0 Å². The number of nitrogens with two attached hydrogens (primary N) is 2. The van der Waals surface area contributed by atoms with E-state index in [0.29, 0.717) is 11.3 Å². The Morgan fingerprint density at radius 2 is 2.03 bits per heavy atom. The summed E-state index contributed by atoms with van der Waals surface area (Å²) < 4.78 is 3.13. The Balaban J connectivity index is 1.43. The van der Waals surface area contributed by atoms with E-state index in [4.69, 9.17) is 11.5 Å². The van der Waals surface area contributed by atoms with E-state index in [1.54, 1.807) is 58.1 Å². The van der Waals surface area contributed by atoms with Crippen molar-refractivity contribution in [1.29, 1.82) is 0 Å². The van der Waals surface area contributed by atoms with Crippen LogP contribution >= 0.6 is 0 Å². The highest BCUT2D eigenvalue weighted by Crippen LogP contribution is 2.20. The maximum atomic E-state index is 12.4. The fourth-order valence-electron chi connectivity index (χ4n) is 2.92. The van der Waals surface area contributed by atoms with Crippen LogP contribution in [0.4, 0.5) is 11.6 Å². The summed E-state index contributed by atoms with van der Waals surface area (Å²) in [6.45, 7) is 0.0431. The number of carbonyl (C=O) groups is 2. The molecular weight excluding hydrogens is 384 g/mol. The molecule has 0 saturated carbocycles. The van der Waals surface area contributed by atoms with Crippen LogP contribution in [-0.4, -0.2) is 36.2 Å². The first-order chi connectivity index (χ1) is 14.5. The molecule has 5 N–H and O–H groups in total. The summed E-state index contributed by atoms with van der Waals surface area (Å²) in [5.74, 6) is -0.569. The second-order valence-corrected chi connectivity index (χ2v) is 6.52. The third-order valence-electron chi connectivity index (χ3n) is 4.24. The SMILES string of the molecule is NC(=O)C=Cc1cccc(NC(=O)Cn2cc(-c3ccn4nc(N)nc4c3)cn2)c1. The van der Waals surface area contributed by atoms with Gasteiger partial charge in [0.1, 0.15) is 6.54 Å². The summed E-state index contributed by atoms with van der Waals surface area (Å²) >= 11 is 0. The van der Waals surface area contributed by atoms with Gasteiger partial charge in [-0.1, -0.05) is 12.1 Å². The van der Waals surface area contributed by atoms with Crippen molar-refractivity contribution in [2.24, 2.45) is 5.73 Å². The lowest BCUT2D eigenvalue weighted by molar-refractivity contribution is -0.117. The fourth-order valence-corrected chi connectivity index (χ4v) is 2.92. The number of primary amides is 1. The number of amides is 2. The van der Waals surface area contributed by atoms with E-state index >= 15 is 0 Å². The first kappa shape index (κ1) is 18.9. The van der Waals surface area contributed by atoms with Crippen LogP contribution in [0.25, 0.3) is 22.9 Å². The van der Waals surface area contributed by atoms with Crippen LogP contribution in [0.1, 0.15) is 5.56 Å². The number of nitrogen functional groups attached to an aromatic ring is 1. The summed E-state index contributed by atoms with van der Waals surface area (Å²) in [7, 11) is 0. The normalized spacial score (nSPS) is 11.2. The van der Waals surface area contributed by atoms with Gasteiger partial charge in [-0.05, 0) is 41.5 Å². The molecule has 10 heteroatoms. The van der Waals surface area contributed by atoms with Crippen LogP contribution in [-0.2, 0) is 16.1 Å². The largest absolute Gasteiger partial charge is 0.366 e. The number of aromatic nitrogens is 5. The Kier molecular flexibility index (Phi) is 4.95. The van der Waals surface area contributed by atoms with E-state index in [9.17, 15) is 9.59 Å². The Labute approximate surface area is 170 Å². The van der Waals surface area contributed by atoms with E-state index in [1.807, 2.05) is 12.1 Å². The molecule has 150 valence electrons. The van der Waals surface area contributed by atoms with Crippen LogP contribution < -0.4 is 16.8 Å². The first-order valence-electron chi connectivity index (χ1n) is 8.98. The predicted octanol–water partition coefficient (Wildman–Crippen LogP) is 1.31. The molecule has 2 amide bonds. The molecule has 0 spiro atoms. The van der Waals surface area contributed by atoms with Crippen LogP contribution in [0, 0.1) is 0 Å². The molecule has 4 aromatic rings. The number of rotatable bonds is 6. The second-order valence-electron chi connectivity index (χ2n) is 6.52. The van der Waals surface area contributed by atoms with Gasteiger partial charge in [0, 0.05) is 29.7 Å². The minimum atomic E-state index is -0.537. The van der Waals surface area contributed by atoms with E-state index in [2.05, 4.69) is 20.5 Å². The van der Waals surface area contributed by atoms with Crippen LogP contribution in [0.15, 0.2) is 61.1 Å². The number of pyridine rings is 1. The highest BCUT2D eigenvalue weighted by atomic mass is 16.2. The Morgan fingerprint density at radius 1 is 1.17 bits per heavy atom. The maximum absolute atomic E-state index is 12.4. The highest BCUT2D eigenvalue weighted by Gasteiger charge is 2.09. The van der Waals surface area contributed by atoms with Crippen molar-refractivity contribution in [2.75, 3.05) is 11.1 Å². The van der Waals surface area contributed by atoms with E-state index in [1.165, 1.54) is 6.08 Å². The zero-order valence-electron chi connectivity index (χ0n) is 15.8. The third kappa shape index (κ3) is 4.33. The molecule has 0 fully saturated rings. The molecule has 0 atom stereocenters. The Morgan fingerprint density at radius 3 is 2.87 bits per heavy atom. The van der Waals surface area contributed by atoms with Crippen LogP contribution in [0.5, 0.6) is 0 Å². The Hall–Kier alpha value is -4.47. The highest BCUT2D eigenvalue weighted by molar-refractivity contribution is 5.92. The topological polar surface area (TPSA) is 146 Å². The number of nitrogens with one attached hydrogen (secondary N) is 1. The lowest BCUT2D eigenvalue weighted by Crippen LogP contribution is -2.19. The number of carbonyl (C=O) groups excluding carboxylic acids is 2. The average Bonchev–Trinajstić information content (AvgIpc) is 3.31. The number of anilines is 2. The summed E-state index contributed by atoms with van der Waals surface area (Å²) in [6, 6.07) is 10.8. The van der Waals surface area contributed by atoms with E-state index in [-0.39, 0.29) is 18.4 Å². The van der Waals surface area contributed by atoms with Gasteiger partial charge in [0.25, 0.3) is 0 Å². The monoisotopic (exact) mass is 402 g/mol. The molecule has 0 bridgehead atoms. The lowest BCUT2D eigenvalue weighted by Gasteiger charge is -2.06. The van der Waals surface area contributed by atoms with Gasteiger partial charge in [-0.25, -0.2) is 4.52 Å². The first-order valence-corrected chi connectivity index (χ1v) is 8.98. The minimum Gasteiger partial charge on any atom is -0.366 e. The lowest BCUT2D eigenvalue weighted by atomic mass is 10.1. The zero-order chi connectivity index (χ0) is 21.1. The number of fused-ring (bicyclic) bond motifs is 1. The number of hydrogen-bond acceptors (Lipinski definition) is 6. The van der Waals surface area contributed by atoms with Gasteiger partial charge in [-0.15, -0.1) is 5.10 Å². The minimum absolute atomic E-state index is 0.0431. The van der Waals surface area contributed by atoms with Gasteiger partial charge in [-0.2, -0.15) is 10.1 Å². The van der Waals surface area contributed by atoms with Crippen molar-refractivity contribution in [3.05, 3.63) is 66.6 Å². The number of hydrogen-bond donors (Lipinski definition) is 3. The van der Waals surface area contributed by atoms with Gasteiger partial charge in [0.15, 0.2) is 5.65 Å². The van der Waals surface area contributed by atoms with E-state index < -0.39 is 5.91 Å². The van der Waals surface area contributed by atoms with Gasteiger partial charge in [-0.3, -0.25) is 14.3 Å². The third-order valence-corrected chi connectivity index (χ3v) is 4.24. The molecule has 30 heavy (non-hydrogen) atoms. The standard InChI is InChI=1S/C20H18N8O2/c21-17(29)5-4-13-2-1-3-16(8-13)24-19(30)12-27-11-15(10-23-27)14-6-7-28-18(9-14)25-20(22)26-28/h1-11H,12H2,(H2,21,29)(H2,22,26)(H,24,30). The molecule has 0 unspecified atom stereocenters. The molecule has 4 rings (SSSR count).